The number of hydrogen-bond acceptors (Lipinski definition) is 6. The minimum absolute atomic E-state index is 0.217. The first kappa shape index (κ1) is 16.4. The maximum Gasteiger partial charge on any atom is 0.253 e. The number of amides is 1. The Hall–Kier alpha value is -3.48. The van der Waals surface area contributed by atoms with Crippen LogP contribution in [0.25, 0.3) is 0 Å². The van der Waals surface area contributed by atoms with Gasteiger partial charge in [0, 0.05) is 29.7 Å². The van der Waals surface area contributed by atoms with E-state index in [2.05, 4.69) is 15.6 Å². The fourth-order valence-electron chi connectivity index (χ4n) is 2.49. The van der Waals surface area contributed by atoms with E-state index < -0.39 is 16.8 Å². The van der Waals surface area contributed by atoms with E-state index in [1.165, 1.54) is 0 Å². The molecule has 7 heteroatoms. The molecule has 7 nitrogen and oxygen atoms in total. The van der Waals surface area contributed by atoms with Crippen molar-refractivity contribution in [3.63, 3.8) is 0 Å². The first-order valence-corrected chi connectivity index (χ1v) is 7.64. The van der Waals surface area contributed by atoms with Crippen molar-refractivity contribution in [1.29, 1.82) is 0 Å². The number of nitrogens with zero attached hydrogens (tertiary/aromatic N) is 1. The third-order valence-electron chi connectivity index (χ3n) is 3.89. The Kier molecular flexibility index (Phi) is 4.30. The van der Waals surface area contributed by atoms with Crippen LogP contribution in [0.1, 0.15) is 28.9 Å². The number of primary amides is 1. The van der Waals surface area contributed by atoms with E-state index in [1.807, 2.05) is 13.0 Å². The number of anilines is 3. The summed E-state index contributed by atoms with van der Waals surface area (Å²) in [6.07, 6.45) is 3.16. The normalized spacial score (nSPS) is 11.9. The molecule has 0 spiro atoms. The molecule has 1 atom stereocenters. The van der Waals surface area contributed by atoms with Gasteiger partial charge in [0.25, 0.3) is 10.9 Å². The molecule has 0 aliphatic rings. The van der Waals surface area contributed by atoms with Crippen LogP contribution in [0.15, 0.2) is 58.4 Å². The van der Waals surface area contributed by atoms with Gasteiger partial charge in [-0.05, 0) is 36.8 Å². The highest BCUT2D eigenvalue weighted by molar-refractivity contribution is 5.93. The number of carbonyl (C=O) groups is 1. The summed E-state index contributed by atoms with van der Waals surface area (Å²) >= 11 is 0. The fraction of sp³-hybridized carbons (Fsp3) is 0.111. The van der Waals surface area contributed by atoms with E-state index in [0.717, 1.165) is 5.56 Å². The zero-order valence-corrected chi connectivity index (χ0v) is 13.4. The molecule has 1 heterocycles. The molecule has 0 saturated carbocycles. The van der Waals surface area contributed by atoms with Crippen LogP contribution in [0.3, 0.4) is 0 Å². The summed E-state index contributed by atoms with van der Waals surface area (Å²) in [6, 6.07) is 9.90. The molecule has 0 fully saturated rings. The van der Waals surface area contributed by atoms with Crippen LogP contribution in [0.2, 0.25) is 0 Å². The van der Waals surface area contributed by atoms with Crippen molar-refractivity contribution in [3.05, 3.63) is 80.4 Å². The summed E-state index contributed by atoms with van der Waals surface area (Å²) in [7, 11) is 0. The summed E-state index contributed by atoms with van der Waals surface area (Å²) in [6.45, 7) is 1.83. The van der Waals surface area contributed by atoms with Crippen molar-refractivity contribution >= 4 is 23.0 Å². The standard InChI is InChI=1S/C18H16N4O3/c1-10(11-3-2-4-12(9-11)18(19)25)21-14-15(17(24)16(14)23)22-13-5-7-20-8-6-13/h2-10,21H,1H3,(H2,19,25)(H,20,22). The van der Waals surface area contributed by atoms with Gasteiger partial charge in [-0.25, -0.2) is 0 Å². The number of rotatable bonds is 6. The molecule has 1 unspecified atom stereocenters. The minimum atomic E-state index is -0.575. The first-order valence-electron chi connectivity index (χ1n) is 7.64. The van der Waals surface area contributed by atoms with E-state index in [4.69, 9.17) is 5.73 Å². The highest BCUT2D eigenvalue weighted by Crippen LogP contribution is 2.25. The monoisotopic (exact) mass is 336 g/mol. The lowest BCUT2D eigenvalue weighted by molar-refractivity contribution is 0.1000. The number of hydrogen-bond donors (Lipinski definition) is 3. The molecule has 0 aliphatic heterocycles. The molecule has 3 aromatic rings. The van der Waals surface area contributed by atoms with Crippen LogP contribution < -0.4 is 27.2 Å². The molecule has 25 heavy (non-hydrogen) atoms. The fourth-order valence-corrected chi connectivity index (χ4v) is 2.49. The number of benzene rings is 1. The lowest BCUT2D eigenvalue weighted by Gasteiger charge is -2.20. The Labute approximate surface area is 143 Å². The van der Waals surface area contributed by atoms with Gasteiger partial charge in [-0.1, -0.05) is 12.1 Å². The van der Waals surface area contributed by atoms with Crippen LogP contribution in [-0.4, -0.2) is 10.9 Å². The molecule has 0 aliphatic carbocycles. The van der Waals surface area contributed by atoms with E-state index in [9.17, 15) is 14.4 Å². The van der Waals surface area contributed by atoms with Crippen molar-refractivity contribution in [3.8, 4) is 0 Å². The number of carbonyl (C=O) groups excluding carboxylic acids is 1. The lowest BCUT2D eigenvalue weighted by atomic mass is 10.0. The van der Waals surface area contributed by atoms with Gasteiger partial charge >= 0.3 is 0 Å². The minimum Gasteiger partial charge on any atom is -0.373 e. The van der Waals surface area contributed by atoms with Crippen molar-refractivity contribution in [1.82, 2.24) is 4.98 Å². The summed E-state index contributed by atoms with van der Waals surface area (Å²) in [4.78, 5) is 39.0. The van der Waals surface area contributed by atoms with Crippen LogP contribution in [0.5, 0.6) is 0 Å². The van der Waals surface area contributed by atoms with Crippen LogP contribution in [0.4, 0.5) is 17.1 Å². The second-order valence-corrected chi connectivity index (χ2v) is 5.62. The van der Waals surface area contributed by atoms with E-state index in [-0.39, 0.29) is 17.4 Å². The second kappa shape index (κ2) is 6.56. The van der Waals surface area contributed by atoms with Gasteiger partial charge in [0.15, 0.2) is 0 Å². The predicted octanol–water partition coefficient (Wildman–Crippen LogP) is 1.69. The second-order valence-electron chi connectivity index (χ2n) is 5.62. The van der Waals surface area contributed by atoms with Gasteiger partial charge in [0.1, 0.15) is 11.4 Å². The van der Waals surface area contributed by atoms with Crippen LogP contribution in [0, 0.1) is 0 Å². The van der Waals surface area contributed by atoms with E-state index in [0.29, 0.717) is 11.3 Å². The Morgan fingerprint density at radius 2 is 1.76 bits per heavy atom. The van der Waals surface area contributed by atoms with Gasteiger partial charge in [-0.2, -0.15) is 0 Å². The first-order chi connectivity index (χ1) is 12.0. The molecule has 0 radical (unpaired) electrons. The Bertz CT molecular complexity index is 991. The molecule has 2 aromatic carbocycles. The molecule has 0 saturated heterocycles. The third kappa shape index (κ3) is 3.25. The molecule has 1 aromatic heterocycles. The van der Waals surface area contributed by atoms with E-state index in [1.54, 1.807) is 42.7 Å². The number of pyridine rings is 1. The Morgan fingerprint density at radius 3 is 2.44 bits per heavy atom. The summed E-state index contributed by atoms with van der Waals surface area (Å²) in [5, 5.41) is 5.96. The zero-order chi connectivity index (χ0) is 18.0. The number of nitrogens with one attached hydrogen (secondary N) is 2. The molecule has 0 bridgehead atoms. The summed E-state index contributed by atoms with van der Waals surface area (Å²) in [5.74, 6) is -0.525. The van der Waals surface area contributed by atoms with Gasteiger partial charge < -0.3 is 16.4 Å². The van der Waals surface area contributed by atoms with Crippen molar-refractivity contribution in [2.75, 3.05) is 10.6 Å². The van der Waals surface area contributed by atoms with Gasteiger partial charge in [0.05, 0.1) is 0 Å². The average molecular weight is 336 g/mol. The maximum atomic E-state index is 11.9. The molecule has 3 rings (SSSR count). The summed E-state index contributed by atoms with van der Waals surface area (Å²) in [5.41, 5.74) is 6.40. The summed E-state index contributed by atoms with van der Waals surface area (Å²) < 4.78 is 0. The van der Waals surface area contributed by atoms with Crippen molar-refractivity contribution < 1.29 is 4.79 Å². The molecule has 126 valence electrons. The highest BCUT2D eigenvalue weighted by atomic mass is 16.2. The van der Waals surface area contributed by atoms with E-state index >= 15 is 0 Å². The Morgan fingerprint density at radius 1 is 1.08 bits per heavy atom. The van der Waals surface area contributed by atoms with Gasteiger partial charge in [-0.15, -0.1) is 0 Å². The topological polar surface area (TPSA) is 114 Å². The zero-order valence-electron chi connectivity index (χ0n) is 13.4. The van der Waals surface area contributed by atoms with Crippen molar-refractivity contribution in [2.45, 2.75) is 13.0 Å². The van der Waals surface area contributed by atoms with Crippen molar-refractivity contribution in [2.24, 2.45) is 5.73 Å². The number of nitrogens with two attached hydrogens (primary N) is 1. The third-order valence-corrected chi connectivity index (χ3v) is 3.89. The van der Waals surface area contributed by atoms with Gasteiger partial charge in [-0.3, -0.25) is 19.4 Å². The maximum absolute atomic E-state index is 11.9. The quantitative estimate of drug-likeness (QED) is 0.590. The van der Waals surface area contributed by atoms with Gasteiger partial charge in [0.2, 0.25) is 5.91 Å². The van der Waals surface area contributed by atoms with Crippen LogP contribution >= 0.6 is 0 Å². The van der Waals surface area contributed by atoms with Crippen LogP contribution in [-0.2, 0) is 0 Å². The lowest BCUT2D eigenvalue weighted by Crippen LogP contribution is -2.37. The molecular formula is C18H16N4O3. The molecule has 4 N–H and O–H groups in total. The smallest absolute Gasteiger partial charge is 0.253 e. The molecular weight excluding hydrogens is 320 g/mol. The number of aromatic nitrogens is 1. The molecule has 1 amide bonds. The largest absolute Gasteiger partial charge is 0.373 e. The SMILES string of the molecule is CC(Nc1c(Nc2ccncc2)c(=O)c1=O)c1cccc(C(N)=O)c1. The highest BCUT2D eigenvalue weighted by Gasteiger charge is 2.23. The average Bonchev–Trinajstić information content (AvgIpc) is 2.65. The predicted molar refractivity (Wildman–Crippen MR) is 95.9 cm³/mol. The Balaban J connectivity index is 1.83.